The number of fused-ring (bicyclic) bond motifs is 1. The molecule has 0 bridgehead atoms. The number of carbonyl (C=O) groups excluding carboxylic acids is 2. The first-order valence-electron chi connectivity index (χ1n) is 9.08. The number of hydrogen-bond acceptors (Lipinski definition) is 6. The van der Waals surface area contributed by atoms with Crippen molar-refractivity contribution in [3.8, 4) is 0 Å². The summed E-state index contributed by atoms with van der Waals surface area (Å²) in [6.07, 6.45) is 4.46. The fourth-order valence-corrected chi connectivity index (χ4v) is 6.98. The number of ketones is 1. The fourth-order valence-electron chi connectivity index (χ4n) is 3.83. The van der Waals surface area contributed by atoms with Crippen LogP contribution in [0.1, 0.15) is 46.3 Å². The van der Waals surface area contributed by atoms with Crippen LogP contribution in [0.25, 0.3) is 0 Å². The quantitative estimate of drug-likeness (QED) is 0.786. The van der Waals surface area contributed by atoms with E-state index in [2.05, 4.69) is 12.2 Å². The average Bonchev–Trinajstić information content (AvgIpc) is 3.32. The lowest BCUT2D eigenvalue weighted by Gasteiger charge is -2.18. The van der Waals surface area contributed by atoms with Gasteiger partial charge in [0.2, 0.25) is 11.7 Å². The Morgan fingerprint density at radius 1 is 1.30 bits per heavy atom. The van der Waals surface area contributed by atoms with Crippen molar-refractivity contribution in [3.05, 3.63) is 40.2 Å². The molecule has 2 aliphatic rings. The topological polar surface area (TPSA) is 93.5 Å². The predicted octanol–water partition coefficient (Wildman–Crippen LogP) is 3.07. The van der Waals surface area contributed by atoms with Crippen LogP contribution in [0, 0.1) is 11.8 Å². The lowest BCUT2D eigenvalue weighted by molar-refractivity contribution is -0.119. The standard InChI is InChI=1S/C19H21NO5S2/c1-11-4-5-13-15(9-11)26-19(16(13)17(21)14-3-2-7-25-14)20-18(22)12-6-8-27(23,24)10-12/h2-3,7,11-12H,4-6,8-10H2,1H3,(H,20,22)/t11-,12-/m0/s1. The average molecular weight is 408 g/mol. The summed E-state index contributed by atoms with van der Waals surface area (Å²) in [5.41, 5.74) is 1.50. The number of amides is 1. The van der Waals surface area contributed by atoms with Gasteiger partial charge in [-0.1, -0.05) is 6.92 Å². The number of nitrogens with one attached hydrogen (secondary N) is 1. The monoisotopic (exact) mass is 407 g/mol. The molecule has 1 N–H and O–H groups in total. The van der Waals surface area contributed by atoms with Crippen molar-refractivity contribution in [2.75, 3.05) is 16.8 Å². The lowest BCUT2D eigenvalue weighted by Crippen LogP contribution is -2.24. The van der Waals surface area contributed by atoms with Gasteiger partial charge in [-0.05, 0) is 49.3 Å². The zero-order valence-electron chi connectivity index (χ0n) is 15.0. The Labute approximate surface area is 161 Å². The Morgan fingerprint density at radius 3 is 2.78 bits per heavy atom. The third-order valence-electron chi connectivity index (χ3n) is 5.32. The minimum atomic E-state index is -3.14. The second kappa shape index (κ2) is 6.91. The number of rotatable bonds is 4. The summed E-state index contributed by atoms with van der Waals surface area (Å²) in [6, 6.07) is 3.28. The molecular weight excluding hydrogens is 386 g/mol. The van der Waals surface area contributed by atoms with Crippen LogP contribution in [0.2, 0.25) is 0 Å². The van der Waals surface area contributed by atoms with Crippen molar-refractivity contribution in [1.82, 2.24) is 0 Å². The normalized spacial score (nSPS) is 23.7. The van der Waals surface area contributed by atoms with Crippen molar-refractivity contribution in [1.29, 1.82) is 0 Å². The van der Waals surface area contributed by atoms with E-state index < -0.39 is 15.8 Å². The van der Waals surface area contributed by atoms with Crippen molar-refractivity contribution < 1.29 is 22.4 Å². The van der Waals surface area contributed by atoms with Crippen molar-refractivity contribution in [2.24, 2.45) is 11.8 Å². The number of anilines is 1. The highest BCUT2D eigenvalue weighted by molar-refractivity contribution is 7.91. The first-order valence-corrected chi connectivity index (χ1v) is 11.7. The third-order valence-corrected chi connectivity index (χ3v) is 8.26. The molecule has 1 saturated heterocycles. The Morgan fingerprint density at radius 2 is 2.11 bits per heavy atom. The summed E-state index contributed by atoms with van der Waals surface area (Å²) in [7, 11) is -3.14. The molecular formula is C19H21NO5S2. The SMILES string of the molecule is C[C@H]1CCc2c(sc(NC(=O)[C@H]3CCS(=O)(=O)C3)c2C(=O)c2ccco2)C1. The highest BCUT2D eigenvalue weighted by atomic mass is 32.2. The zero-order chi connectivity index (χ0) is 19.2. The third kappa shape index (κ3) is 3.60. The zero-order valence-corrected chi connectivity index (χ0v) is 16.6. The summed E-state index contributed by atoms with van der Waals surface area (Å²) >= 11 is 1.43. The molecule has 2 aromatic rings. The maximum atomic E-state index is 13.0. The van der Waals surface area contributed by atoms with Crippen LogP contribution < -0.4 is 5.32 Å². The molecule has 0 saturated carbocycles. The van der Waals surface area contributed by atoms with E-state index in [-0.39, 0.29) is 29.0 Å². The van der Waals surface area contributed by atoms with E-state index >= 15 is 0 Å². The summed E-state index contributed by atoms with van der Waals surface area (Å²) in [6.45, 7) is 2.18. The van der Waals surface area contributed by atoms with E-state index in [1.54, 1.807) is 12.1 Å². The molecule has 3 heterocycles. The van der Waals surface area contributed by atoms with Crippen molar-refractivity contribution in [3.63, 3.8) is 0 Å². The Kier molecular flexibility index (Phi) is 4.71. The molecule has 1 aliphatic heterocycles. The number of hydrogen-bond donors (Lipinski definition) is 1. The van der Waals surface area contributed by atoms with Gasteiger partial charge in [-0.3, -0.25) is 9.59 Å². The van der Waals surface area contributed by atoms with E-state index in [4.69, 9.17) is 4.42 Å². The highest BCUT2D eigenvalue weighted by Gasteiger charge is 2.35. The molecule has 1 amide bonds. The Bertz CT molecular complexity index is 988. The first-order chi connectivity index (χ1) is 12.8. The highest BCUT2D eigenvalue weighted by Crippen LogP contribution is 2.41. The van der Waals surface area contributed by atoms with Crippen LogP contribution in [0.5, 0.6) is 0 Å². The van der Waals surface area contributed by atoms with Crippen LogP contribution in [-0.4, -0.2) is 31.6 Å². The molecule has 6 nitrogen and oxygen atoms in total. The summed E-state index contributed by atoms with van der Waals surface area (Å²) in [5, 5.41) is 3.38. The van der Waals surface area contributed by atoms with Gasteiger partial charge in [0, 0.05) is 4.88 Å². The molecule has 4 rings (SSSR count). The molecule has 0 aromatic carbocycles. The molecule has 1 aliphatic carbocycles. The second-order valence-corrected chi connectivity index (χ2v) is 10.8. The molecule has 0 unspecified atom stereocenters. The van der Waals surface area contributed by atoms with Crippen LogP contribution in [0.15, 0.2) is 22.8 Å². The first kappa shape index (κ1) is 18.4. The summed E-state index contributed by atoms with van der Waals surface area (Å²) in [4.78, 5) is 26.8. The second-order valence-electron chi connectivity index (χ2n) is 7.45. The maximum Gasteiger partial charge on any atom is 0.231 e. The summed E-state index contributed by atoms with van der Waals surface area (Å²) in [5.74, 6) is -0.416. The minimum absolute atomic E-state index is 0.0434. The Balaban J connectivity index is 1.67. The number of thiophene rings is 1. The Hall–Kier alpha value is -1.93. The minimum Gasteiger partial charge on any atom is -0.461 e. The van der Waals surface area contributed by atoms with Crippen LogP contribution in [0.3, 0.4) is 0 Å². The summed E-state index contributed by atoms with van der Waals surface area (Å²) < 4.78 is 28.6. The van der Waals surface area contributed by atoms with E-state index in [9.17, 15) is 18.0 Å². The predicted molar refractivity (Wildman–Crippen MR) is 103 cm³/mol. The lowest BCUT2D eigenvalue weighted by atomic mass is 9.87. The van der Waals surface area contributed by atoms with Gasteiger partial charge in [0.1, 0.15) is 5.00 Å². The van der Waals surface area contributed by atoms with Gasteiger partial charge in [-0.15, -0.1) is 11.3 Å². The molecule has 2 aromatic heterocycles. The van der Waals surface area contributed by atoms with Crippen LogP contribution >= 0.6 is 11.3 Å². The fraction of sp³-hybridized carbons (Fsp3) is 0.474. The van der Waals surface area contributed by atoms with Crippen molar-refractivity contribution >= 4 is 37.9 Å². The van der Waals surface area contributed by atoms with E-state index in [1.165, 1.54) is 17.6 Å². The van der Waals surface area contributed by atoms with Crippen LogP contribution in [0.4, 0.5) is 5.00 Å². The number of carbonyl (C=O) groups is 2. The largest absolute Gasteiger partial charge is 0.461 e. The number of furan rings is 1. The van der Waals surface area contributed by atoms with Gasteiger partial charge >= 0.3 is 0 Å². The van der Waals surface area contributed by atoms with Gasteiger partial charge < -0.3 is 9.73 Å². The maximum absolute atomic E-state index is 13.0. The van der Waals surface area contributed by atoms with Gasteiger partial charge in [0.05, 0.1) is 29.3 Å². The molecule has 8 heteroatoms. The van der Waals surface area contributed by atoms with E-state index in [0.717, 1.165) is 29.7 Å². The van der Waals surface area contributed by atoms with Gasteiger partial charge in [0.25, 0.3) is 0 Å². The smallest absolute Gasteiger partial charge is 0.231 e. The molecule has 1 fully saturated rings. The van der Waals surface area contributed by atoms with Crippen LogP contribution in [-0.2, 0) is 27.5 Å². The molecule has 27 heavy (non-hydrogen) atoms. The number of sulfone groups is 1. The van der Waals surface area contributed by atoms with E-state index in [1.807, 2.05) is 0 Å². The molecule has 2 atom stereocenters. The van der Waals surface area contributed by atoms with Gasteiger partial charge in [-0.2, -0.15) is 0 Å². The van der Waals surface area contributed by atoms with Crippen molar-refractivity contribution in [2.45, 2.75) is 32.6 Å². The van der Waals surface area contributed by atoms with E-state index in [0.29, 0.717) is 22.9 Å². The molecule has 144 valence electrons. The molecule has 0 spiro atoms. The van der Waals surface area contributed by atoms with Gasteiger partial charge in [-0.25, -0.2) is 8.42 Å². The molecule has 0 radical (unpaired) electrons. The van der Waals surface area contributed by atoms with Gasteiger partial charge in [0.15, 0.2) is 15.6 Å².